The Morgan fingerprint density at radius 3 is 2.82 bits per heavy atom. The molecule has 2 fully saturated rings. The molecule has 2 N–H and O–H groups in total. The lowest BCUT2D eigenvalue weighted by Gasteiger charge is -2.46. The number of hydrogen-bond donors (Lipinski definition) is 2. The topological polar surface area (TPSA) is 33.3 Å². The van der Waals surface area contributed by atoms with Crippen LogP contribution in [0, 0.1) is 0 Å². The van der Waals surface area contributed by atoms with Gasteiger partial charge in [-0.05, 0) is 44.4 Å². The van der Waals surface area contributed by atoms with Crippen LogP contribution in [0.4, 0.5) is 0 Å². The van der Waals surface area contributed by atoms with Crippen molar-refractivity contribution in [1.29, 1.82) is 0 Å². The summed E-state index contributed by atoms with van der Waals surface area (Å²) in [5, 5.41) is 8.26. The van der Waals surface area contributed by atoms with Gasteiger partial charge < -0.3 is 15.4 Å². The molecule has 1 saturated heterocycles. The smallest absolute Gasteiger partial charge is 0.0700 e. The molecule has 1 aromatic carbocycles. The van der Waals surface area contributed by atoms with Gasteiger partial charge >= 0.3 is 0 Å². The van der Waals surface area contributed by atoms with Crippen molar-refractivity contribution in [2.45, 2.75) is 56.2 Å². The second kappa shape index (κ2) is 7.31. The maximum absolute atomic E-state index is 6.53. The van der Waals surface area contributed by atoms with Crippen LogP contribution in [0.2, 0.25) is 5.02 Å². The number of hydrogen-bond acceptors (Lipinski definition) is 3. The van der Waals surface area contributed by atoms with E-state index in [-0.39, 0.29) is 5.54 Å². The van der Waals surface area contributed by atoms with Gasteiger partial charge in [0.25, 0.3) is 0 Å². The molecule has 122 valence electrons. The molecule has 0 bridgehead atoms. The highest BCUT2D eigenvalue weighted by atomic mass is 35.5. The van der Waals surface area contributed by atoms with E-state index in [1.807, 2.05) is 12.1 Å². The van der Waals surface area contributed by atoms with Gasteiger partial charge in [-0.1, -0.05) is 42.6 Å². The van der Waals surface area contributed by atoms with E-state index in [2.05, 4.69) is 29.8 Å². The van der Waals surface area contributed by atoms with Crippen LogP contribution in [0.5, 0.6) is 0 Å². The minimum Gasteiger partial charge on any atom is -0.377 e. The van der Waals surface area contributed by atoms with Crippen LogP contribution in [-0.4, -0.2) is 32.3 Å². The normalized spacial score (nSPS) is 32.3. The van der Waals surface area contributed by atoms with Gasteiger partial charge in [0, 0.05) is 24.2 Å². The van der Waals surface area contributed by atoms with E-state index in [1.54, 1.807) is 0 Å². The van der Waals surface area contributed by atoms with Crippen LogP contribution in [0.25, 0.3) is 0 Å². The quantitative estimate of drug-likeness (QED) is 0.871. The molecule has 0 radical (unpaired) electrons. The third-order valence-electron chi connectivity index (χ3n) is 5.33. The number of rotatable bonds is 5. The van der Waals surface area contributed by atoms with Crippen LogP contribution in [0.3, 0.4) is 0 Å². The van der Waals surface area contributed by atoms with E-state index >= 15 is 0 Å². The first-order valence-corrected chi connectivity index (χ1v) is 8.93. The number of likely N-dealkylation sites (N-methyl/N-ethyl adjacent to an activating group) is 1. The van der Waals surface area contributed by atoms with E-state index in [4.69, 9.17) is 16.3 Å². The number of ether oxygens (including phenoxy) is 1. The van der Waals surface area contributed by atoms with Crippen molar-refractivity contribution in [1.82, 2.24) is 10.6 Å². The highest BCUT2D eigenvalue weighted by Gasteiger charge is 2.42. The minimum absolute atomic E-state index is 0.0742. The summed E-state index contributed by atoms with van der Waals surface area (Å²) in [5.41, 5.74) is 1.15. The largest absolute Gasteiger partial charge is 0.377 e. The molecule has 1 aliphatic carbocycles. The first-order valence-electron chi connectivity index (χ1n) is 8.55. The Kier molecular flexibility index (Phi) is 5.40. The first-order chi connectivity index (χ1) is 10.8. The third kappa shape index (κ3) is 3.18. The Morgan fingerprint density at radius 2 is 2.09 bits per heavy atom. The Balaban J connectivity index is 1.80. The van der Waals surface area contributed by atoms with Crippen molar-refractivity contribution < 1.29 is 4.74 Å². The summed E-state index contributed by atoms with van der Waals surface area (Å²) in [5.74, 6) is 0. The molecule has 1 unspecified atom stereocenters. The fraction of sp³-hybridized carbons (Fsp3) is 0.667. The van der Waals surface area contributed by atoms with Crippen molar-refractivity contribution in [2.75, 3.05) is 20.2 Å². The highest BCUT2D eigenvalue weighted by molar-refractivity contribution is 6.31. The Bertz CT molecular complexity index is 490. The predicted octanol–water partition coefficient (Wildman–Crippen LogP) is 3.47. The van der Waals surface area contributed by atoms with Crippen molar-refractivity contribution in [2.24, 2.45) is 0 Å². The van der Waals surface area contributed by atoms with Gasteiger partial charge in [0.15, 0.2) is 0 Å². The lowest BCUT2D eigenvalue weighted by Crippen LogP contribution is -2.58. The summed E-state index contributed by atoms with van der Waals surface area (Å²) in [6, 6.07) is 8.67. The van der Waals surface area contributed by atoms with Gasteiger partial charge in [0.05, 0.1) is 11.6 Å². The summed E-state index contributed by atoms with van der Waals surface area (Å²) >= 11 is 6.53. The molecule has 2 aliphatic rings. The standard InChI is InChI=1S/C18H27ClN2O/c1-20-18(15-8-2-3-9-16(15)19)11-5-4-10-17(18)21-13-14-7-6-12-22-14/h2-3,8-9,14,17,20-21H,4-7,10-13H2,1H3/t14?,17-,18+/m1/s1. The zero-order valence-electron chi connectivity index (χ0n) is 13.4. The molecule has 1 heterocycles. The molecule has 1 saturated carbocycles. The molecule has 3 nitrogen and oxygen atoms in total. The fourth-order valence-electron chi connectivity index (χ4n) is 4.11. The van der Waals surface area contributed by atoms with Gasteiger partial charge in [-0.15, -0.1) is 0 Å². The summed E-state index contributed by atoms with van der Waals surface area (Å²) in [4.78, 5) is 0. The highest BCUT2D eigenvalue weighted by Crippen LogP contribution is 2.40. The van der Waals surface area contributed by atoms with E-state index in [0.717, 1.165) is 24.6 Å². The molecule has 3 atom stereocenters. The van der Waals surface area contributed by atoms with Crippen LogP contribution in [-0.2, 0) is 10.3 Å². The third-order valence-corrected chi connectivity index (χ3v) is 5.65. The average molecular weight is 323 g/mol. The summed E-state index contributed by atoms with van der Waals surface area (Å²) in [6.45, 7) is 1.86. The molecule has 0 aromatic heterocycles. The monoisotopic (exact) mass is 322 g/mol. The lowest BCUT2D eigenvalue weighted by atomic mass is 9.72. The van der Waals surface area contributed by atoms with Crippen molar-refractivity contribution >= 4 is 11.6 Å². The van der Waals surface area contributed by atoms with E-state index in [0.29, 0.717) is 12.1 Å². The summed E-state index contributed by atoms with van der Waals surface area (Å²) in [7, 11) is 2.06. The first kappa shape index (κ1) is 16.3. The molecule has 1 aliphatic heterocycles. The van der Waals surface area contributed by atoms with Crippen molar-refractivity contribution in [3.8, 4) is 0 Å². The lowest BCUT2D eigenvalue weighted by molar-refractivity contribution is 0.0942. The Morgan fingerprint density at radius 1 is 1.23 bits per heavy atom. The molecule has 1 aromatic rings. The molecule has 0 amide bonds. The van der Waals surface area contributed by atoms with E-state index < -0.39 is 0 Å². The zero-order valence-corrected chi connectivity index (χ0v) is 14.2. The maximum atomic E-state index is 6.53. The van der Waals surface area contributed by atoms with Gasteiger partial charge in [0.2, 0.25) is 0 Å². The van der Waals surface area contributed by atoms with Crippen LogP contribution in [0.1, 0.15) is 44.1 Å². The molecule has 4 heteroatoms. The Hall–Kier alpha value is -0.610. The minimum atomic E-state index is -0.0742. The van der Waals surface area contributed by atoms with Crippen LogP contribution < -0.4 is 10.6 Å². The summed E-state index contributed by atoms with van der Waals surface area (Å²) < 4.78 is 5.77. The Labute approximate surface area is 138 Å². The maximum Gasteiger partial charge on any atom is 0.0700 e. The van der Waals surface area contributed by atoms with Gasteiger partial charge in [-0.2, -0.15) is 0 Å². The second-order valence-corrected chi connectivity index (χ2v) is 6.95. The molecular formula is C18H27ClN2O. The molecule has 0 spiro atoms. The number of benzene rings is 1. The van der Waals surface area contributed by atoms with Crippen LogP contribution in [0.15, 0.2) is 24.3 Å². The van der Waals surface area contributed by atoms with Gasteiger partial charge in [0.1, 0.15) is 0 Å². The molecular weight excluding hydrogens is 296 g/mol. The number of halogens is 1. The van der Waals surface area contributed by atoms with Gasteiger partial charge in [-0.25, -0.2) is 0 Å². The second-order valence-electron chi connectivity index (χ2n) is 6.54. The SMILES string of the molecule is CN[C@]1(c2ccccc2Cl)CCCC[C@H]1NCC1CCCO1. The van der Waals surface area contributed by atoms with Gasteiger partial charge in [-0.3, -0.25) is 0 Å². The fourth-order valence-corrected chi connectivity index (χ4v) is 4.41. The number of nitrogens with one attached hydrogen (secondary N) is 2. The summed E-state index contributed by atoms with van der Waals surface area (Å²) in [6.07, 6.45) is 7.57. The molecule has 3 rings (SSSR count). The van der Waals surface area contributed by atoms with Crippen LogP contribution >= 0.6 is 11.6 Å². The van der Waals surface area contributed by atoms with E-state index in [9.17, 15) is 0 Å². The predicted molar refractivity (Wildman–Crippen MR) is 91.4 cm³/mol. The van der Waals surface area contributed by atoms with Crippen molar-refractivity contribution in [3.05, 3.63) is 34.9 Å². The van der Waals surface area contributed by atoms with E-state index in [1.165, 1.54) is 37.7 Å². The average Bonchev–Trinajstić information content (AvgIpc) is 3.07. The molecule has 22 heavy (non-hydrogen) atoms. The zero-order chi connectivity index (χ0) is 15.4. The van der Waals surface area contributed by atoms with Crippen molar-refractivity contribution in [3.63, 3.8) is 0 Å².